The summed E-state index contributed by atoms with van der Waals surface area (Å²) in [6, 6.07) is 54.2. The smallest absolute Gasteiger partial charge is 0.135 e. The third-order valence-corrected chi connectivity index (χ3v) is 13.5. The summed E-state index contributed by atoms with van der Waals surface area (Å²) in [5, 5.41) is 12.6. The van der Waals surface area contributed by atoms with Crippen molar-refractivity contribution in [3.05, 3.63) is 182 Å². The van der Waals surface area contributed by atoms with Gasteiger partial charge in [0.1, 0.15) is 22.3 Å². The Morgan fingerprint density at radius 1 is 0.377 bits per heavy atom. The Morgan fingerprint density at radius 2 is 0.869 bits per heavy atom. The highest BCUT2D eigenvalue weighted by Crippen LogP contribution is 2.42. The molecule has 0 unspecified atom stereocenters. The monoisotopic (exact) mass is 798 g/mol. The van der Waals surface area contributed by atoms with E-state index in [-0.39, 0.29) is 0 Å². The van der Waals surface area contributed by atoms with Gasteiger partial charge in [-0.05, 0) is 113 Å². The molecule has 0 saturated heterocycles. The van der Waals surface area contributed by atoms with Crippen molar-refractivity contribution in [3.8, 4) is 33.6 Å². The number of nitrogens with zero attached hydrogens (tertiary/aromatic N) is 4. The molecule has 6 nitrogen and oxygen atoms in total. The number of fused-ring (bicyclic) bond motifs is 13. The lowest BCUT2D eigenvalue weighted by atomic mass is 10.0. The average molecular weight is 799 g/mol. The molecule has 61 heavy (non-hydrogen) atoms. The second-order valence-electron chi connectivity index (χ2n) is 15.8. The number of furan rings is 2. The summed E-state index contributed by atoms with van der Waals surface area (Å²) < 4.78 is 18.3. The van der Waals surface area contributed by atoms with Gasteiger partial charge in [-0.3, -0.25) is 9.97 Å². The molecule has 0 amide bonds. The molecule has 0 spiro atoms. The van der Waals surface area contributed by atoms with Crippen LogP contribution in [0, 0.1) is 0 Å². The van der Waals surface area contributed by atoms with Gasteiger partial charge < -0.3 is 18.0 Å². The summed E-state index contributed by atoms with van der Waals surface area (Å²) in [5.74, 6) is 0. The van der Waals surface area contributed by atoms with Gasteiger partial charge in [0.15, 0.2) is 0 Å². The van der Waals surface area contributed by atoms with E-state index in [9.17, 15) is 0 Å². The fourth-order valence-corrected chi connectivity index (χ4v) is 10.7. The Kier molecular flexibility index (Phi) is 6.62. The van der Waals surface area contributed by atoms with Gasteiger partial charge in [-0.2, -0.15) is 0 Å². The van der Waals surface area contributed by atoms with E-state index in [0.717, 1.165) is 116 Å². The van der Waals surface area contributed by atoms with E-state index in [4.69, 9.17) is 8.83 Å². The number of thiophene rings is 1. The lowest BCUT2D eigenvalue weighted by molar-refractivity contribution is 0.668. The van der Waals surface area contributed by atoms with E-state index in [2.05, 4.69) is 152 Å². The SMILES string of the molecule is c1ccc2c(c1)oc1ccc(-c3ccc4c(c3)c3cnccc3n4-c3ccc4scc(-n5c6ccncc6c6cc(-c7ccc8oc9ccccc9c8c7)ccc65)c4c3)cc12. The summed E-state index contributed by atoms with van der Waals surface area (Å²) in [5.41, 5.74) is 15.0. The van der Waals surface area contributed by atoms with Crippen LogP contribution in [0.4, 0.5) is 0 Å². The van der Waals surface area contributed by atoms with Gasteiger partial charge in [0.25, 0.3) is 0 Å². The molecule has 0 aliphatic rings. The van der Waals surface area contributed by atoms with Crippen LogP contribution in [0.25, 0.3) is 131 Å². The first kappa shape index (κ1) is 32.9. The quantitative estimate of drug-likeness (QED) is 0.178. The highest BCUT2D eigenvalue weighted by Gasteiger charge is 2.20. The second kappa shape index (κ2) is 12.3. The van der Waals surface area contributed by atoms with E-state index in [1.165, 1.54) is 15.5 Å². The molecular formula is C54H30N4O2S. The Balaban J connectivity index is 0.918. The lowest BCUT2D eigenvalue weighted by Crippen LogP contribution is -1.96. The Bertz CT molecular complexity index is 4140. The number of hydrogen-bond acceptors (Lipinski definition) is 5. The highest BCUT2D eigenvalue weighted by atomic mass is 32.1. The number of para-hydroxylation sites is 2. The van der Waals surface area contributed by atoms with Crippen LogP contribution in [0.3, 0.4) is 0 Å². The topological polar surface area (TPSA) is 61.9 Å². The van der Waals surface area contributed by atoms with Crippen LogP contribution in [0.15, 0.2) is 191 Å². The van der Waals surface area contributed by atoms with Gasteiger partial charge in [-0.1, -0.05) is 60.7 Å². The molecule has 0 aliphatic carbocycles. The van der Waals surface area contributed by atoms with Crippen molar-refractivity contribution in [2.24, 2.45) is 0 Å². The van der Waals surface area contributed by atoms with E-state index in [1.807, 2.05) is 49.1 Å². The molecule has 7 aromatic carbocycles. The standard InChI is InChI=1S/C54H30N4O2S/c1-3-7-50-36(5-1)40-25-33(11-16-52(40)59-50)31-9-14-45-38(23-31)43-28-55-21-19-47(43)57(45)35-13-18-54-42(27-35)49(30-61-54)58-46-15-10-32(24-39(46)44-29-56-22-20-48(44)58)34-12-17-53-41(26-34)37-6-2-4-8-51(37)60-53/h1-30H. The minimum atomic E-state index is 0.898. The van der Waals surface area contributed by atoms with Gasteiger partial charge in [-0.25, -0.2) is 0 Å². The predicted molar refractivity (Wildman–Crippen MR) is 252 cm³/mol. The van der Waals surface area contributed by atoms with Crippen LogP contribution < -0.4 is 0 Å². The first-order valence-corrected chi connectivity index (χ1v) is 21.2. The average Bonchev–Trinajstić information content (AvgIpc) is 4.13. The number of hydrogen-bond donors (Lipinski definition) is 0. The molecule has 0 atom stereocenters. The van der Waals surface area contributed by atoms with E-state index >= 15 is 0 Å². The van der Waals surface area contributed by atoms with E-state index < -0.39 is 0 Å². The summed E-state index contributed by atoms with van der Waals surface area (Å²) in [7, 11) is 0. The van der Waals surface area contributed by atoms with Crippen LogP contribution in [-0.2, 0) is 0 Å². The summed E-state index contributed by atoms with van der Waals surface area (Å²) >= 11 is 1.78. The number of benzene rings is 7. The maximum Gasteiger partial charge on any atom is 0.135 e. The van der Waals surface area contributed by atoms with Crippen LogP contribution in [0.1, 0.15) is 0 Å². The molecule has 7 heteroatoms. The van der Waals surface area contributed by atoms with Crippen LogP contribution in [0.2, 0.25) is 0 Å². The molecule has 0 bridgehead atoms. The second-order valence-corrected chi connectivity index (χ2v) is 16.8. The fourth-order valence-electron chi connectivity index (χ4n) is 9.76. The third kappa shape index (κ3) is 4.72. The van der Waals surface area contributed by atoms with E-state index in [1.54, 1.807) is 11.3 Å². The van der Waals surface area contributed by atoms with Crippen molar-refractivity contribution in [1.82, 2.24) is 19.1 Å². The molecule has 0 saturated carbocycles. The Morgan fingerprint density at radius 3 is 1.48 bits per heavy atom. The first-order chi connectivity index (χ1) is 30.2. The molecule has 14 aromatic rings. The summed E-state index contributed by atoms with van der Waals surface area (Å²) in [4.78, 5) is 9.21. The lowest BCUT2D eigenvalue weighted by Gasteiger charge is -2.11. The van der Waals surface area contributed by atoms with Crippen molar-refractivity contribution in [2.75, 3.05) is 0 Å². The van der Waals surface area contributed by atoms with Gasteiger partial charge >= 0.3 is 0 Å². The summed E-state index contributed by atoms with van der Waals surface area (Å²) in [6.45, 7) is 0. The molecule has 0 aliphatic heterocycles. The maximum atomic E-state index is 6.15. The van der Waals surface area contributed by atoms with Gasteiger partial charge in [0.2, 0.25) is 0 Å². The molecule has 0 N–H and O–H groups in total. The van der Waals surface area contributed by atoms with Crippen molar-refractivity contribution in [3.63, 3.8) is 0 Å². The van der Waals surface area contributed by atoms with E-state index in [0.29, 0.717) is 0 Å². The zero-order valence-corrected chi connectivity index (χ0v) is 33.2. The largest absolute Gasteiger partial charge is 0.456 e. The number of pyridine rings is 2. The van der Waals surface area contributed by atoms with Crippen LogP contribution >= 0.6 is 11.3 Å². The van der Waals surface area contributed by atoms with Crippen molar-refractivity contribution in [2.45, 2.75) is 0 Å². The third-order valence-electron chi connectivity index (χ3n) is 12.6. The minimum Gasteiger partial charge on any atom is -0.456 e. The minimum absolute atomic E-state index is 0.898. The Hall–Kier alpha value is -8.00. The predicted octanol–water partition coefficient (Wildman–Crippen LogP) is 15.0. The molecular weight excluding hydrogens is 769 g/mol. The number of aromatic nitrogens is 4. The molecule has 0 radical (unpaired) electrons. The maximum absolute atomic E-state index is 6.15. The molecule has 0 fully saturated rings. The normalized spacial score (nSPS) is 12.3. The molecule has 284 valence electrons. The zero-order chi connectivity index (χ0) is 39.8. The summed E-state index contributed by atoms with van der Waals surface area (Å²) in [6.07, 6.45) is 7.78. The van der Waals surface area contributed by atoms with Crippen LogP contribution in [0.5, 0.6) is 0 Å². The van der Waals surface area contributed by atoms with Crippen LogP contribution in [-0.4, -0.2) is 19.1 Å². The first-order valence-electron chi connectivity index (χ1n) is 20.3. The van der Waals surface area contributed by atoms with Crippen molar-refractivity contribution in [1.29, 1.82) is 0 Å². The number of rotatable bonds is 4. The highest BCUT2D eigenvalue weighted by molar-refractivity contribution is 7.17. The van der Waals surface area contributed by atoms with Crippen molar-refractivity contribution >= 4 is 109 Å². The van der Waals surface area contributed by atoms with Gasteiger partial charge in [-0.15, -0.1) is 11.3 Å². The Labute approximate surface area is 350 Å². The zero-order valence-electron chi connectivity index (χ0n) is 32.3. The molecule has 14 rings (SSSR count). The molecule has 7 heterocycles. The molecule has 7 aromatic heterocycles. The van der Waals surface area contributed by atoms with Crippen molar-refractivity contribution < 1.29 is 8.83 Å². The fraction of sp³-hybridized carbons (Fsp3) is 0. The van der Waals surface area contributed by atoms with Gasteiger partial charge in [0.05, 0.1) is 27.8 Å². The van der Waals surface area contributed by atoms with Gasteiger partial charge in [0, 0.05) is 89.0 Å².